The molecule has 1 N–H and O–H groups in total. The molecule has 0 aromatic heterocycles. The van der Waals surface area contributed by atoms with Crippen LogP contribution in [0.2, 0.25) is 0 Å². The van der Waals surface area contributed by atoms with Crippen LogP contribution < -0.4 is 0 Å². The fourth-order valence-electron chi connectivity index (χ4n) is 4.31. The molecule has 37 heavy (non-hydrogen) atoms. The van der Waals surface area contributed by atoms with Crippen molar-refractivity contribution in [3.05, 3.63) is 71.8 Å². The van der Waals surface area contributed by atoms with E-state index in [9.17, 15) is 19.5 Å². The Kier molecular flexibility index (Phi) is 10.4. The number of hydrogen-bond acceptors (Lipinski definition) is 8. The average molecular weight is 543 g/mol. The predicted octanol–water partition coefficient (Wildman–Crippen LogP) is 5.81. The van der Waals surface area contributed by atoms with E-state index >= 15 is 0 Å². The zero-order valence-electron chi connectivity index (χ0n) is 21.5. The van der Waals surface area contributed by atoms with Gasteiger partial charge in [-0.25, -0.2) is 4.79 Å². The zero-order chi connectivity index (χ0) is 27.0. The lowest BCUT2D eigenvalue weighted by atomic mass is 9.85. The summed E-state index contributed by atoms with van der Waals surface area (Å²) < 4.78 is 10.9. The number of Topliss-reactive ketones (excluding diaryl/α,β-unsaturated/α-hetero) is 1. The highest BCUT2D eigenvalue weighted by atomic mass is 32.2. The zero-order valence-corrected chi connectivity index (χ0v) is 23.2. The quantitative estimate of drug-likeness (QED) is 0.165. The number of esters is 2. The average Bonchev–Trinajstić information content (AvgIpc) is 2.92. The second kappa shape index (κ2) is 13.3. The van der Waals surface area contributed by atoms with Gasteiger partial charge in [0, 0.05) is 27.3 Å². The number of hydrogen-bond donors (Lipinski definition) is 1. The maximum atomic E-state index is 13.5. The van der Waals surface area contributed by atoms with Gasteiger partial charge in [-0.1, -0.05) is 30.8 Å². The van der Waals surface area contributed by atoms with Gasteiger partial charge in [0.25, 0.3) is 0 Å². The van der Waals surface area contributed by atoms with Crippen molar-refractivity contribution in [1.82, 2.24) is 0 Å². The van der Waals surface area contributed by atoms with Gasteiger partial charge in [0.05, 0.1) is 0 Å². The van der Waals surface area contributed by atoms with Crippen LogP contribution in [0.4, 0.5) is 0 Å². The van der Waals surface area contributed by atoms with Gasteiger partial charge >= 0.3 is 11.9 Å². The van der Waals surface area contributed by atoms with Crippen LogP contribution in [0.15, 0.2) is 70.5 Å². The standard InChI is InChI=1S/C29H34O6S2/c1-19(2)28(32)35-23-11-5-20(6-12-23)17-26(30)34-18-29(33,22-9-15-25(37-4)16-10-22)27(31)21-7-13-24(36-3)14-8-21/h7-10,13-16,20,23,33H,1,5-6,11-12,17-18H2,2-4H3. The highest BCUT2D eigenvalue weighted by Crippen LogP contribution is 2.32. The SMILES string of the molecule is C=C(C)C(=O)OC1CCC(CC(=O)OCC(O)(C(=O)c2ccc(SC)cc2)c2ccc(SC)cc2)CC1. The molecular formula is C29H34O6S2. The second-order valence-corrected chi connectivity index (χ2v) is 11.1. The van der Waals surface area contributed by atoms with Crippen LogP contribution in [-0.4, -0.2) is 48.1 Å². The molecule has 0 heterocycles. The topological polar surface area (TPSA) is 89.9 Å². The molecule has 0 bridgehead atoms. The Balaban J connectivity index is 1.66. The first-order valence-corrected chi connectivity index (χ1v) is 14.7. The van der Waals surface area contributed by atoms with E-state index in [1.54, 1.807) is 54.7 Å². The summed E-state index contributed by atoms with van der Waals surface area (Å²) in [6.45, 7) is 4.75. The molecule has 2 aromatic carbocycles. The summed E-state index contributed by atoms with van der Waals surface area (Å²) in [5.74, 6) is -1.28. The molecule has 0 spiro atoms. The summed E-state index contributed by atoms with van der Waals surface area (Å²) in [6.07, 6.45) is 6.70. The molecule has 0 radical (unpaired) electrons. The Morgan fingerprint density at radius 3 is 2.00 bits per heavy atom. The summed E-state index contributed by atoms with van der Waals surface area (Å²) >= 11 is 3.11. The predicted molar refractivity (Wildman–Crippen MR) is 147 cm³/mol. The van der Waals surface area contributed by atoms with Gasteiger partial charge in [0.1, 0.15) is 12.7 Å². The minimum atomic E-state index is -2.01. The van der Waals surface area contributed by atoms with Crippen molar-refractivity contribution < 1.29 is 29.0 Å². The van der Waals surface area contributed by atoms with E-state index in [1.165, 1.54) is 0 Å². The molecule has 0 amide bonds. The minimum absolute atomic E-state index is 0.0935. The first-order chi connectivity index (χ1) is 17.7. The third-order valence-corrected chi connectivity index (χ3v) is 8.10. The number of ketones is 1. The molecule has 1 saturated carbocycles. The Hall–Kier alpha value is -2.55. The molecule has 1 aliphatic carbocycles. The van der Waals surface area contributed by atoms with Crippen molar-refractivity contribution in [3.8, 4) is 0 Å². The summed E-state index contributed by atoms with van der Waals surface area (Å²) in [5, 5.41) is 11.6. The van der Waals surface area contributed by atoms with Crippen molar-refractivity contribution in [2.45, 2.75) is 60.5 Å². The maximum Gasteiger partial charge on any atom is 0.333 e. The molecule has 8 heteroatoms. The number of benzene rings is 2. The lowest BCUT2D eigenvalue weighted by Gasteiger charge is -2.29. The summed E-state index contributed by atoms with van der Waals surface area (Å²) in [4.78, 5) is 40.0. The van der Waals surface area contributed by atoms with E-state index < -0.39 is 24.0 Å². The Morgan fingerprint density at radius 2 is 1.49 bits per heavy atom. The van der Waals surface area contributed by atoms with Gasteiger partial charge in [-0.05, 0) is 80.9 Å². The van der Waals surface area contributed by atoms with Gasteiger partial charge in [-0.2, -0.15) is 0 Å². The van der Waals surface area contributed by atoms with Gasteiger partial charge in [0.15, 0.2) is 5.60 Å². The van der Waals surface area contributed by atoms with Crippen molar-refractivity contribution in [1.29, 1.82) is 0 Å². The number of carbonyl (C=O) groups is 3. The molecule has 1 fully saturated rings. The highest BCUT2D eigenvalue weighted by Gasteiger charge is 2.40. The van der Waals surface area contributed by atoms with Crippen molar-refractivity contribution >= 4 is 41.2 Å². The van der Waals surface area contributed by atoms with E-state index in [0.717, 1.165) is 22.6 Å². The largest absolute Gasteiger partial charge is 0.462 e. The molecule has 198 valence electrons. The molecule has 0 saturated heterocycles. The first-order valence-electron chi connectivity index (χ1n) is 12.2. The molecule has 1 unspecified atom stereocenters. The van der Waals surface area contributed by atoms with Crippen molar-refractivity contribution in [3.63, 3.8) is 0 Å². The van der Waals surface area contributed by atoms with Crippen LogP contribution in [0.5, 0.6) is 0 Å². The second-order valence-electron chi connectivity index (χ2n) is 9.34. The smallest absolute Gasteiger partial charge is 0.333 e. The third-order valence-electron chi connectivity index (χ3n) is 6.61. The fourth-order valence-corrected chi connectivity index (χ4v) is 5.13. The van der Waals surface area contributed by atoms with Gasteiger partial charge in [-0.15, -0.1) is 23.5 Å². The Morgan fingerprint density at radius 1 is 0.946 bits per heavy atom. The summed E-state index contributed by atoms with van der Waals surface area (Å²) in [5.41, 5.74) is -0.928. The molecular weight excluding hydrogens is 508 g/mol. The van der Waals surface area contributed by atoms with Crippen molar-refractivity contribution in [2.24, 2.45) is 5.92 Å². The van der Waals surface area contributed by atoms with Crippen LogP contribution in [0.3, 0.4) is 0 Å². The van der Waals surface area contributed by atoms with Crippen LogP contribution in [0, 0.1) is 5.92 Å². The number of carbonyl (C=O) groups excluding carboxylic acids is 3. The van der Waals surface area contributed by atoms with Crippen LogP contribution >= 0.6 is 23.5 Å². The number of rotatable bonds is 11. The first kappa shape index (κ1) is 29.0. The van der Waals surface area contributed by atoms with E-state index in [2.05, 4.69) is 6.58 Å². The fraction of sp³-hybridized carbons (Fsp3) is 0.414. The summed E-state index contributed by atoms with van der Waals surface area (Å²) in [6, 6.07) is 14.1. The van der Waals surface area contributed by atoms with Gasteiger partial charge < -0.3 is 14.6 Å². The van der Waals surface area contributed by atoms with E-state index in [-0.39, 0.29) is 24.4 Å². The van der Waals surface area contributed by atoms with E-state index in [1.807, 2.05) is 36.8 Å². The van der Waals surface area contributed by atoms with Gasteiger partial charge in [0.2, 0.25) is 5.78 Å². The van der Waals surface area contributed by atoms with Crippen molar-refractivity contribution in [2.75, 3.05) is 19.1 Å². The monoisotopic (exact) mass is 542 g/mol. The van der Waals surface area contributed by atoms with E-state index in [0.29, 0.717) is 29.5 Å². The molecule has 6 nitrogen and oxygen atoms in total. The van der Waals surface area contributed by atoms with E-state index in [4.69, 9.17) is 9.47 Å². The molecule has 2 aromatic rings. The third kappa shape index (κ3) is 7.72. The number of aliphatic hydroxyl groups is 1. The lowest BCUT2D eigenvalue weighted by Crippen LogP contribution is -2.41. The number of ether oxygens (including phenoxy) is 2. The lowest BCUT2D eigenvalue weighted by molar-refractivity contribution is -0.152. The minimum Gasteiger partial charge on any atom is -0.462 e. The molecule has 3 rings (SSSR count). The highest BCUT2D eigenvalue weighted by molar-refractivity contribution is 7.98. The molecule has 1 atom stereocenters. The molecule has 0 aliphatic heterocycles. The number of thioether (sulfide) groups is 2. The normalized spacial score (nSPS) is 18.9. The maximum absolute atomic E-state index is 13.5. The summed E-state index contributed by atoms with van der Waals surface area (Å²) in [7, 11) is 0. The molecule has 1 aliphatic rings. The van der Waals surface area contributed by atoms with Crippen LogP contribution in [0.25, 0.3) is 0 Å². The van der Waals surface area contributed by atoms with Gasteiger partial charge in [-0.3, -0.25) is 9.59 Å². The Bertz CT molecular complexity index is 1100. The Labute approximate surface area is 227 Å². The van der Waals surface area contributed by atoms with Crippen LogP contribution in [-0.2, 0) is 24.7 Å². The van der Waals surface area contributed by atoms with Crippen LogP contribution in [0.1, 0.15) is 54.9 Å².